The van der Waals surface area contributed by atoms with E-state index in [4.69, 9.17) is 0 Å². The first kappa shape index (κ1) is 17.4. The van der Waals surface area contributed by atoms with E-state index in [1.54, 1.807) is 34.2 Å². The maximum Gasteiger partial charge on any atom is 0.241 e. The molecule has 1 N–H and O–H groups in total. The highest BCUT2D eigenvalue weighted by Gasteiger charge is 2.14. The van der Waals surface area contributed by atoms with Gasteiger partial charge in [0.15, 0.2) is 0 Å². The number of carbonyl (C=O) groups excluding carboxylic acids is 1. The van der Waals surface area contributed by atoms with Crippen molar-refractivity contribution in [1.29, 1.82) is 0 Å². The molecule has 2 aromatic heterocycles. The molecule has 2 heterocycles. The molecule has 4 aromatic rings. The molecule has 0 saturated heterocycles. The summed E-state index contributed by atoms with van der Waals surface area (Å²) in [7, 11) is 0. The summed E-state index contributed by atoms with van der Waals surface area (Å²) in [5.41, 5.74) is 1.49. The monoisotopic (exact) mass is 378 g/mol. The third-order valence-electron chi connectivity index (χ3n) is 4.39. The first-order chi connectivity index (χ1) is 13.1. The zero-order chi connectivity index (χ0) is 18.8. The Morgan fingerprint density at radius 3 is 2.81 bits per heavy atom. The molecule has 0 bridgehead atoms. The molecule has 7 heteroatoms. The number of amides is 1. The average molecular weight is 378 g/mol. The molecule has 0 aliphatic carbocycles. The fraction of sp³-hybridized carbons (Fsp3) is 0.200. The van der Waals surface area contributed by atoms with Gasteiger partial charge in [0.25, 0.3) is 0 Å². The number of nitrogens with zero attached hydrogens (tertiary/aromatic N) is 3. The van der Waals surface area contributed by atoms with Crippen molar-refractivity contribution >= 4 is 38.4 Å². The maximum absolute atomic E-state index is 12.4. The lowest BCUT2D eigenvalue weighted by atomic mass is 10.2. The zero-order valence-corrected chi connectivity index (χ0v) is 15.6. The van der Waals surface area contributed by atoms with E-state index in [-0.39, 0.29) is 23.8 Å². The van der Waals surface area contributed by atoms with Crippen LogP contribution in [0.2, 0.25) is 0 Å². The number of benzene rings is 2. The van der Waals surface area contributed by atoms with Crippen LogP contribution in [0.1, 0.15) is 17.8 Å². The van der Waals surface area contributed by atoms with Crippen molar-refractivity contribution in [3.63, 3.8) is 0 Å². The zero-order valence-electron chi connectivity index (χ0n) is 14.8. The third kappa shape index (κ3) is 3.59. The van der Waals surface area contributed by atoms with E-state index < -0.39 is 0 Å². The smallest absolute Gasteiger partial charge is 0.241 e. The van der Waals surface area contributed by atoms with Crippen molar-refractivity contribution in [2.24, 2.45) is 0 Å². The van der Waals surface area contributed by atoms with Crippen LogP contribution < -0.4 is 10.7 Å². The molecule has 4 rings (SSSR count). The Hall–Kier alpha value is -3.06. The number of fused-ring (bicyclic) bond motifs is 2. The van der Waals surface area contributed by atoms with E-state index in [0.29, 0.717) is 17.4 Å². The van der Waals surface area contributed by atoms with Gasteiger partial charge in [0.1, 0.15) is 6.54 Å². The van der Waals surface area contributed by atoms with E-state index in [9.17, 15) is 9.59 Å². The number of carbonyl (C=O) groups is 1. The molecule has 136 valence electrons. The summed E-state index contributed by atoms with van der Waals surface area (Å²) in [5, 5.41) is 8.60. The number of hydrogen-bond acceptors (Lipinski definition) is 5. The molecule has 0 aliphatic rings. The second-order valence-electron chi connectivity index (χ2n) is 6.41. The minimum Gasteiger partial charge on any atom is -0.354 e. The van der Waals surface area contributed by atoms with Gasteiger partial charge in [-0.15, -0.1) is 11.3 Å². The van der Waals surface area contributed by atoms with E-state index in [1.165, 1.54) is 6.20 Å². The molecule has 6 nitrogen and oxygen atoms in total. The topological polar surface area (TPSA) is 76.9 Å². The summed E-state index contributed by atoms with van der Waals surface area (Å²) in [6.07, 6.45) is 1.25. The first-order valence-corrected chi connectivity index (χ1v) is 9.50. The molecule has 0 radical (unpaired) electrons. The Kier molecular flexibility index (Phi) is 4.68. The quantitative estimate of drug-likeness (QED) is 0.579. The molecule has 27 heavy (non-hydrogen) atoms. The van der Waals surface area contributed by atoms with Crippen molar-refractivity contribution < 1.29 is 4.79 Å². The van der Waals surface area contributed by atoms with Crippen LogP contribution in [-0.2, 0) is 11.3 Å². The van der Waals surface area contributed by atoms with Crippen molar-refractivity contribution in [2.75, 3.05) is 6.54 Å². The van der Waals surface area contributed by atoms with Gasteiger partial charge in [0, 0.05) is 17.8 Å². The van der Waals surface area contributed by atoms with Crippen molar-refractivity contribution in [1.82, 2.24) is 20.1 Å². The fourth-order valence-electron chi connectivity index (χ4n) is 2.93. The van der Waals surface area contributed by atoms with Crippen molar-refractivity contribution in [2.45, 2.75) is 19.4 Å². The van der Waals surface area contributed by atoms with Gasteiger partial charge in [-0.1, -0.05) is 31.2 Å². The largest absolute Gasteiger partial charge is 0.354 e. The van der Waals surface area contributed by atoms with Crippen molar-refractivity contribution in [3.8, 4) is 0 Å². The van der Waals surface area contributed by atoms with E-state index >= 15 is 0 Å². The average Bonchev–Trinajstić information content (AvgIpc) is 3.13. The molecule has 0 aliphatic heterocycles. The van der Waals surface area contributed by atoms with Crippen LogP contribution >= 0.6 is 11.3 Å². The minimum atomic E-state index is -0.149. The molecule has 2 aromatic carbocycles. The second-order valence-corrected chi connectivity index (χ2v) is 7.47. The van der Waals surface area contributed by atoms with Gasteiger partial charge in [-0.2, -0.15) is 5.10 Å². The van der Waals surface area contributed by atoms with Crippen LogP contribution in [0.3, 0.4) is 0 Å². The van der Waals surface area contributed by atoms with Gasteiger partial charge in [-0.3, -0.25) is 14.3 Å². The molecular weight excluding hydrogens is 360 g/mol. The molecule has 1 amide bonds. The Morgan fingerprint density at radius 1 is 1.19 bits per heavy atom. The summed E-state index contributed by atoms with van der Waals surface area (Å²) in [4.78, 5) is 28.9. The highest BCUT2D eigenvalue weighted by molar-refractivity contribution is 7.18. The summed E-state index contributed by atoms with van der Waals surface area (Å²) >= 11 is 1.65. The van der Waals surface area contributed by atoms with Gasteiger partial charge < -0.3 is 5.32 Å². The van der Waals surface area contributed by atoms with Crippen LogP contribution in [0, 0.1) is 0 Å². The van der Waals surface area contributed by atoms with E-state index in [0.717, 1.165) is 15.2 Å². The summed E-state index contributed by atoms with van der Waals surface area (Å²) in [6.45, 7) is 2.61. The lowest BCUT2D eigenvalue weighted by Crippen LogP contribution is -2.31. The highest BCUT2D eigenvalue weighted by Crippen LogP contribution is 2.26. The molecule has 0 saturated carbocycles. The first-order valence-electron chi connectivity index (χ1n) is 8.69. The molecule has 0 spiro atoms. The predicted molar refractivity (Wildman–Crippen MR) is 107 cm³/mol. The van der Waals surface area contributed by atoms with Crippen LogP contribution in [-0.4, -0.2) is 27.2 Å². The predicted octanol–water partition coefficient (Wildman–Crippen LogP) is 2.93. The fourth-order valence-corrected chi connectivity index (χ4v) is 3.95. The summed E-state index contributed by atoms with van der Waals surface area (Å²) < 4.78 is 2.70. The lowest BCUT2D eigenvalue weighted by molar-refractivity contribution is -0.121. The molecular formula is C20H18N4O2S. The van der Waals surface area contributed by atoms with Gasteiger partial charge in [-0.25, -0.2) is 4.98 Å². The number of rotatable bonds is 5. The van der Waals surface area contributed by atoms with Gasteiger partial charge >= 0.3 is 0 Å². The minimum absolute atomic E-state index is 0.0629. The normalized spacial score (nSPS) is 12.3. The Labute approximate surface area is 159 Å². The number of thiazole rings is 1. The summed E-state index contributed by atoms with van der Waals surface area (Å²) in [5.74, 6) is -0.0330. The van der Waals surface area contributed by atoms with E-state index in [2.05, 4.69) is 21.5 Å². The number of aromatic nitrogens is 3. The second kappa shape index (κ2) is 7.28. The highest BCUT2D eigenvalue weighted by atomic mass is 32.1. The van der Waals surface area contributed by atoms with Crippen LogP contribution in [0.15, 0.2) is 59.5 Å². The van der Waals surface area contributed by atoms with Gasteiger partial charge in [-0.05, 0) is 24.3 Å². The number of hydrogen-bond donors (Lipinski definition) is 1. The number of para-hydroxylation sites is 2. The van der Waals surface area contributed by atoms with Crippen LogP contribution in [0.5, 0.6) is 0 Å². The Balaban J connectivity index is 1.44. The third-order valence-corrected chi connectivity index (χ3v) is 5.66. The molecule has 1 unspecified atom stereocenters. The van der Waals surface area contributed by atoms with Gasteiger partial charge in [0.05, 0.1) is 26.9 Å². The number of nitrogens with one attached hydrogen (secondary N) is 1. The maximum atomic E-state index is 12.4. The van der Waals surface area contributed by atoms with Gasteiger partial charge in [0.2, 0.25) is 11.3 Å². The standard InChI is InChI=1S/C20H18N4O2S/c1-13(20-23-15-7-3-5-9-18(15)27-20)10-21-19(26)12-24-16-8-4-2-6-14(16)17(25)11-22-24/h2-9,11,13H,10,12H2,1H3,(H,21,26). The van der Waals surface area contributed by atoms with Crippen molar-refractivity contribution in [3.05, 3.63) is 70.0 Å². The Morgan fingerprint density at radius 2 is 1.96 bits per heavy atom. The Bertz CT molecular complexity index is 1150. The molecule has 0 fully saturated rings. The SMILES string of the molecule is CC(CNC(=O)Cn1ncc(=O)c2ccccc21)c1nc2ccccc2s1. The van der Waals surface area contributed by atoms with Crippen LogP contribution in [0.4, 0.5) is 0 Å². The lowest BCUT2D eigenvalue weighted by Gasteiger charge is -2.12. The van der Waals surface area contributed by atoms with E-state index in [1.807, 2.05) is 31.2 Å². The van der Waals surface area contributed by atoms with Crippen LogP contribution in [0.25, 0.3) is 21.1 Å². The molecule has 1 atom stereocenters. The summed E-state index contributed by atoms with van der Waals surface area (Å²) in [6, 6.07) is 15.2.